The van der Waals surface area contributed by atoms with E-state index in [2.05, 4.69) is 4.74 Å². The maximum Gasteiger partial charge on any atom is 0.356 e. The van der Waals surface area contributed by atoms with Crippen LogP contribution in [-0.2, 0) is 9.30 Å². The van der Waals surface area contributed by atoms with Gasteiger partial charge in [0.05, 0.1) is 6.10 Å². The molecule has 0 amide bonds. The van der Waals surface area contributed by atoms with Crippen molar-refractivity contribution in [3.63, 3.8) is 0 Å². The van der Waals surface area contributed by atoms with Gasteiger partial charge in [-0.2, -0.15) is 0 Å². The molecule has 6 heteroatoms. The summed E-state index contributed by atoms with van der Waals surface area (Å²) in [7, 11) is -4.32. The Morgan fingerprint density at radius 3 is 2.09 bits per heavy atom. The molecule has 68 valence electrons. The standard InChI is InChI=1S/C5H13O5P/c1-3-10-5(4(2)6)11(7,8)9/h4-6H,3H2,1-2H3,(H2,7,8,9). The number of rotatable bonds is 4. The SMILES string of the molecule is CCOC(C(C)O)P(=O)(O)O. The fourth-order valence-electron chi connectivity index (χ4n) is 0.688. The second-order valence-corrected chi connectivity index (χ2v) is 3.86. The van der Waals surface area contributed by atoms with Crippen LogP contribution in [0.1, 0.15) is 13.8 Å². The normalized spacial score (nSPS) is 17.9. The molecular weight excluding hydrogens is 171 g/mol. The Morgan fingerprint density at radius 1 is 1.55 bits per heavy atom. The molecule has 0 aliphatic heterocycles. The number of aliphatic hydroxyl groups excluding tert-OH is 1. The van der Waals surface area contributed by atoms with E-state index in [0.29, 0.717) is 0 Å². The molecule has 0 aromatic carbocycles. The third kappa shape index (κ3) is 3.84. The first-order valence-electron chi connectivity index (χ1n) is 3.24. The Hall–Kier alpha value is 0.0700. The Labute approximate surface area is 65.2 Å². The van der Waals surface area contributed by atoms with Gasteiger partial charge in [0.15, 0.2) is 5.85 Å². The summed E-state index contributed by atoms with van der Waals surface area (Å²) in [6, 6.07) is 0. The molecule has 2 unspecified atom stereocenters. The van der Waals surface area contributed by atoms with Crippen molar-refractivity contribution in [3.05, 3.63) is 0 Å². The van der Waals surface area contributed by atoms with Gasteiger partial charge in [-0.3, -0.25) is 4.57 Å². The number of aliphatic hydroxyl groups is 1. The first kappa shape index (κ1) is 11.1. The summed E-state index contributed by atoms with van der Waals surface area (Å²) in [5.74, 6) is -1.40. The largest absolute Gasteiger partial charge is 0.390 e. The molecule has 0 radical (unpaired) electrons. The number of hydrogen-bond donors (Lipinski definition) is 3. The van der Waals surface area contributed by atoms with Crippen LogP contribution in [-0.4, -0.2) is 33.4 Å². The molecule has 0 bridgehead atoms. The molecule has 0 aliphatic carbocycles. The average Bonchev–Trinajstić information content (AvgIpc) is 1.79. The van der Waals surface area contributed by atoms with Gasteiger partial charge in [-0.05, 0) is 13.8 Å². The van der Waals surface area contributed by atoms with Crippen LogP contribution in [0.4, 0.5) is 0 Å². The van der Waals surface area contributed by atoms with Gasteiger partial charge in [0.1, 0.15) is 0 Å². The zero-order chi connectivity index (χ0) is 9.07. The summed E-state index contributed by atoms with van der Waals surface area (Å²) in [5, 5.41) is 8.86. The lowest BCUT2D eigenvalue weighted by molar-refractivity contribution is 0.00965. The molecule has 0 spiro atoms. The van der Waals surface area contributed by atoms with Crippen molar-refractivity contribution in [1.29, 1.82) is 0 Å². The van der Waals surface area contributed by atoms with Crippen molar-refractivity contribution < 1.29 is 24.2 Å². The highest BCUT2D eigenvalue weighted by atomic mass is 31.2. The molecule has 5 nitrogen and oxygen atoms in total. The minimum atomic E-state index is -4.32. The molecule has 0 saturated carbocycles. The minimum absolute atomic E-state index is 0.167. The maximum absolute atomic E-state index is 10.6. The van der Waals surface area contributed by atoms with Gasteiger partial charge in [0.2, 0.25) is 0 Å². The molecule has 0 aromatic heterocycles. The van der Waals surface area contributed by atoms with Gasteiger partial charge in [0.25, 0.3) is 0 Å². The summed E-state index contributed by atoms with van der Waals surface area (Å²) in [5.41, 5.74) is 0. The Balaban J connectivity index is 4.23. The molecule has 0 aromatic rings. The molecule has 2 atom stereocenters. The van der Waals surface area contributed by atoms with Gasteiger partial charge in [-0.25, -0.2) is 0 Å². The topological polar surface area (TPSA) is 87.0 Å². The fourth-order valence-corrected chi connectivity index (χ4v) is 1.59. The monoisotopic (exact) mass is 184 g/mol. The van der Waals surface area contributed by atoms with E-state index in [1.165, 1.54) is 6.92 Å². The van der Waals surface area contributed by atoms with Gasteiger partial charge in [-0.1, -0.05) is 0 Å². The van der Waals surface area contributed by atoms with Crippen molar-refractivity contribution >= 4 is 7.60 Å². The van der Waals surface area contributed by atoms with Crippen molar-refractivity contribution in [2.24, 2.45) is 0 Å². The van der Waals surface area contributed by atoms with Crippen LogP contribution in [0.15, 0.2) is 0 Å². The summed E-state index contributed by atoms with van der Waals surface area (Å²) in [4.78, 5) is 17.2. The van der Waals surface area contributed by atoms with Crippen LogP contribution in [0.2, 0.25) is 0 Å². The highest BCUT2D eigenvalue weighted by Crippen LogP contribution is 2.43. The van der Waals surface area contributed by atoms with Crippen LogP contribution in [0, 0.1) is 0 Å². The second-order valence-electron chi connectivity index (χ2n) is 2.18. The first-order valence-corrected chi connectivity index (χ1v) is 4.92. The highest BCUT2D eigenvalue weighted by molar-refractivity contribution is 7.52. The minimum Gasteiger partial charge on any atom is -0.390 e. The molecule has 0 heterocycles. The van der Waals surface area contributed by atoms with E-state index in [9.17, 15) is 4.57 Å². The Morgan fingerprint density at radius 2 is 2.00 bits per heavy atom. The van der Waals surface area contributed by atoms with E-state index < -0.39 is 19.5 Å². The third-order valence-corrected chi connectivity index (χ3v) is 2.33. The van der Waals surface area contributed by atoms with E-state index in [1.807, 2.05) is 0 Å². The number of hydrogen-bond acceptors (Lipinski definition) is 3. The number of ether oxygens (including phenoxy) is 1. The fraction of sp³-hybridized carbons (Fsp3) is 1.00. The molecule has 3 N–H and O–H groups in total. The summed E-state index contributed by atoms with van der Waals surface area (Å²) in [6.07, 6.45) is -1.16. The Bertz CT molecular complexity index is 151. The lowest BCUT2D eigenvalue weighted by Gasteiger charge is -2.20. The molecule has 0 fully saturated rings. The van der Waals surface area contributed by atoms with Crippen LogP contribution in [0.3, 0.4) is 0 Å². The molecular formula is C5H13O5P. The van der Waals surface area contributed by atoms with Crippen LogP contribution in [0.25, 0.3) is 0 Å². The average molecular weight is 184 g/mol. The van der Waals surface area contributed by atoms with Gasteiger partial charge < -0.3 is 19.6 Å². The lowest BCUT2D eigenvalue weighted by atomic mass is 10.4. The van der Waals surface area contributed by atoms with Crippen molar-refractivity contribution in [2.75, 3.05) is 6.61 Å². The smallest absolute Gasteiger partial charge is 0.356 e. The van der Waals surface area contributed by atoms with Crippen molar-refractivity contribution in [2.45, 2.75) is 25.8 Å². The zero-order valence-corrected chi connectivity index (χ0v) is 7.36. The van der Waals surface area contributed by atoms with E-state index in [-0.39, 0.29) is 6.61 Å². The van der Waals surface area contributed by atoms with E-state index in [4.69, 9.17) is 14.9 Å². The maximum atomic E-state index is 10.6. The zero-order valence-electron chi connectivity index (χ0n) is 6.47. The molecule has 0 aliphatic rings. The summed E-state index contributed by atoms with van der Waals surface area (Å²) in [6.45, 7) is 3.05. The summed E-state index contributed by atoms with van der Waals surface area (Å²) >= 11 is 0. The Kier molecular flexibility index (Phi) is 4.21. The van der Waals surface area contributed by atoms with Crippen molar-refractivity contribution in [1.82, 2.24) is 0 Å². The van der Waals surface area contributed by atoms with Crippen LogP contribution >= 0.6 is 7.60 Å². The first-order chi connectivity index (χ1) is 4.89. The highest BCUT2D eigenvalue weighted by Gasteiger charge is 2.33. The van der Waals surface area contributed by atoms with Gasteiger partial charge in [0, 0.05) is 6.61 Å². The predicted octanol–water partition coefficient (Wildman–Crippen LogP) is -0.0925. The van der Waals surface area contributed by atoms with Gasteiger partial charge in [-0.15, -0.1) is 0 Å². The predicted molar refractivity (Wildman–Crippen MR) is 39.1 cm³/mol. The van der Waals surface area contributed by atoms with Crippen molar-refractivity contribution in [3.8, 4) is 0 Å². The lowest BCUT2D eigenvalue weighted by Crippen LogP contribution is -2.26. The molecule has 0 rings (SSSR count). The third-order valence-electron chi connectivity index (χ3n) is 1.08. The van der Waals surface area contributed by atoms with Gasteiger partial charge >= 0.3 is 7.60 Å². The molecule has 11 heavy (non-hydrogen) atoms. The quantitative estimate of drug-likeness (QED) is 0.531. The van der Waals surface area contributed by atoms with E-state index in [0.717, 1.165) is 0 Å². The second kappa shape index (κ2) is 4.18. The van der Waals surface area contributed by atoms with Crippen LogP contribution in [0.5, 0.6) is 0 Å². The summed E-state index contributed by atoms with van der Waals surface area (Å²) < 4.78 is 15.2. The van der Waals surface area contributed by atoms with E-state index in [1.54, 1.807) is 6.92 Å². The van der Waals surface area contributed by atoms with Crippen LogP contribution < -0.4 is 0 Å². The van der Waals surface area contributed by atoms with E-state index >= 15 is 0 Å². The molecule has 0 saturated heterocycles.